The summed E-state index contributed by atoms with van der Waals surface area (Å²) in [6, 6.07) is 5.93. The van der Waals surface area contributed by atoms with Crippen LogP contribution in [-0.4, -0.2) is 48.0 Å². The van der Waals surface area contributed by atoms with E-state index >= 15 is 0 Å². The summed E-state index contributed by atoms with van der Waals surface area (Å²) in [6.07, 6.45) is 0.365. The molecule has 0 aliphatic heterocycles. The third kappa shape index (κ3) is 4.64. The first-order valence-electron chi connectivity index (χ1n) is 6.19. The zero-order valence-corrected chi connectivity index (χ0v) is 11.5. The first-order chi connectivity index (χ1) is 9.37. The fourth-order valence-corrected chi connectivity index (χ4v) is 1.64. The Morgan fingerprint density at radius 1 is 1.30 bits per heavy atom. The topological polar surface area (TPSA) is 95.9 Å². The highest BCUT2D eigenvalue weighted by atomic mass is 16.5. The van der Waals surface area contributed by atoms with Gasteiger partial charge < -0.3 is 20.3 Å². The Balaban J connectivity index is 2.70. The standard InChI is InChI=1S/C14H19NO5/c1-14(19,7-8-20-2)9-15-12(16)10-5-3-4-6-11(10)13(17)18/h3-6,19H,7-9H2,1-2H3,(H,15,16)(H,17,18). The van der Waals surface area contributed by atoms with Crippen LogP contribution in [0.4, 0.5) is 0 Å². The van der Waals surface area contributed by atoms with E-state index in [0.717, 1.165) is 0 Å². The second-order valence-corrected chi connectivity index (χ2v) is 4.77. The second-order valence-electron chi connectivity index (χ2n) is 4.77. The largest absolute Gasteiger partial charge is 0.478 e. The van der Waals surface area contributed by atoms with E-state index < -0.39 is 17.5 Å². The number of aromatic carboxylic acids is 1. The lowest BCUT2D eigenvalue weighted by molar-refractivity contribution is 0.0243. The number of amides is 1. The van der Waals surface area contributed by atoms with Gasteiger partial charge in [-0.05, 0) is 19.1 Å². The number of hydrogen-bond acceptors (Lipinski definition) is 4. The molecule has 0 saturated carbocycles. The number of carbonyl (C=O) groups excluding carboxylic acids is 1. The van der Waals surface area contributed by atoms with E-state index in [9.17, 15) is 14.7 Å². The minimum atomic E-state index is -1.16. The maximum absolute atomic E-state index is 12.0. The summed E-state index contributed by atoms with van der Waals surface area (Å²) in [5, 5.41) is 21.6. The number of carboxylic acid groups (broad SMARTS) is 1. The minimum absolute atomic E-state index is 0.0170. The Bertz CT molecular complexity index is 484. The summed E-state index contributed by atoms with van der Waals surface area (Å²) >= 11 is 0. The lowest BCUT2D eigenvalue weighted by atomic mass is 10.0. The molecule has 0 aliphatic rings. The van der Waals surface area contributed by atoms with E-state index in [1.165, 1.54) is 19.2 Å². The molecule has 3 N–H and O–H groups in total. The van der Waals surface area contributed by atoms with Crippen molar-refractivity contribution in [2.75, 3.05) is 20.3 Å². The van der Waals surface area contributed by atoms with Gasteiger partial charge in [-0.15, -0.1) is 0 Å². The molecule has 0 aliphatic carbocycles. The van der Waals surface area contributed by atoms with Crippen molar-refractivity contribution in [3.8, 4) is 0 Å². The van der Waals surface area contributed by atoms with E-state index in [-0.39, 0.29) is 17.7 Å². The van der Waals surface area contributed by atoms with Gasteiger partial charge in [0.25, 0.3) is 5.91 Å². The first-order valence-corrected chi connectivity index (χ1v) is 6.19. The maximum Gasteiger partial charge on any atom is 0.336 e. The number of carboxylic acids is 1. The molecule has 0 aromatic heterocycles. The molecular weight excluding hydrogens is 262 g/mol. The molecule has 0 radical (unpaired) electrons. The van der Waals surface area contributed by atoms with Crippen LogP contribution in [0.2, 0.25) is 0 Å². The fraction of sp³-hybridized carbons (Fsp3) is 0.429. The SMILES string of the molecule is COCCC(C)(O)CNC(=O)c1ccccc1C(=O)O. The summed E-state index contributed by atoms with van der Waals surface area (Å²) in [5.41, 5.74) is -1.10. The van der Waals surface area contributed by atoms with Gasteiger partial charge in [0.1, 0.15) is 0 Å². The van der Waals surface area contributed by atoms with E-state index in [4.69, 9.17) is 9.84 Å². The van der Waals surface area contributed by atoms with Gasteiger partial charge in [0.15, 0.2) is 0 Å². The lowest BCUT2D eigenvalue weighted by Crippen LogP contribution is -2.41. The number of nitrogens with one attached hydrogen (secondary N) is 1. The minimum Gasteiger partial charge on any atom is -0.478 e. The molecule has 110 valence electrons. The van der Waals surface area contributed by atoms with Crippen molar-refractivity contribution >= 4 is 11.9 Å². The third-order valence-corrected chi connectivity index (χ3v) is 2.88. The van der Waals surface area contributed by atoms with Gasteiger partial charge in [-0.3, -0.25) is 4.79 Å². The number of methoxy groups -OCH3 is 1. The van der Waals surface area contributed by atoms with Crippen molar-refractivity contribution in [3.05, 3.63) is 35.4 Å². The Hall–Kier alpha value is -1.92. The van der Waals surface area contributed by atoms with Gasteiger partial charge in [-0.1, -0.05) is 12.1 Å². The number of hydrogen-bond donors (Lipinski definition) is 3. The van der Waals surface area contributed by atoms with Crippen molar-refractivity contribution in [2.24, 2.45) is 0 Å². The van der Waals surface area contributed by atoms with E-state index in [1.54, 1.807) is 19.1 Å². The molecule has 0 fully saturated rings. The molecular formula is C14H19NO5. The summed E-state index contributed by atoms with van der Waals surface area (Å²) in [6.45, 7) is 1.97. The highest BCUT2D eigenvalue weighted by Gasteiger charge is 2.22. The van der Waals surface area contributed by atoms with E-state index in [0.29, 0.717) is 13.0 Å². The monoisotopic (exact) mass is 281 g/mol. The second kappa shape index (κ2) is 7.02. The molecule has 1 amide bonds. The Kier molecular flexibility index (Phi) is 5.66. The Labute approximate surface area is 117 Å². The molecule has 1 atom stereocenters. The summed E-state index contributed by atoms with van der Waals surface area (Å²) < 4.78 is 4.87. The predicted octanol–water partition coefficient (Wildman–Crippen LogP) is 0.902. The van der Waals surface area contributed by atoms with Crippen LogP contribution in [0.1, 0.15) is 34.1 Å². The van der Waals surface area contributed by atoms with Crippen LogP contribution in [0.3, 0.4) is 0 Å². The molecule has 1 aromatic rings. The highest BCUT2D eigenvalue weighted by Crippen LogP contribution is 2.11. The molecule has 6 nitrogen and oxygen atoms in total. The number of aliphatic hydroxyl groups is 1. The van der Waals surface area contributed by atoms with Gasteiger partial charge in [-0.25, -0.2) is 4.79 Å². The third-order valence-electron chi connectivity index (χ3n) is 2.88. The van der Waals surface area contributed by atoms with Gasteiger partial charge in [0, 0.05) is 26.7 Å². The molecule has 0 saturated heterocycles. The quantitative estimate of drug-likeness (QED) is 0.690. The molecule has 1 aromatic carbocycles. The Morgan fingerprint density at radius 2 is 1.90 bits per heavy atom. The van der Waals surface area contributed by atoms with E-state index in [1.807, 2.05) is 0 Å². The van der Waals surface area contributed by atoms with Gasteiger partial charge in [-0.2, -0.15) is 0 Å². The van der Waals surface area contributed by atoms with Crippen molar-refractivity contribution < 1.29 is 24.5 Å². The first kappa shape index (κ1) is 16.1. The fourth-order valence-electron chi connectivity index (χ4n) is 1.64. The zero-order valence-electron chi connectivity index (χ0n) is 11.5. The molecule has 1 unspecified atom stereocenters. The van der Waals surface area contributed by atoms with Crippen LogP contribution in [-0.2, 0) is 4.74 Å². The smallest absolute Gasteiger partial charge is 0.336 e. The van der Waals surface area contributed by atoms with Gasteiger partial charge >= 0.3 is 5.97 Å². The average Bonchev–Trinajstić information content (AvgIpc) is 2.42. The van der Waals surface area contributed by atoms with Crippen molar-refractivity contribution in [2.45, 2.75) is 18.9 Å². The lowest BCUT2D eigenvalue weighted by Gasteiger charge is -2.23. The van der Waals surface area contributed by atoms with Crippen LogP contribution in [0.25, 0.3) is 0 Å². The van der Waals surface area contributed by atoms with Gasteiger partial charge in [0.05, 0.1) is 16.7 Å². The van der Waals surface area contributed by atoms with Gasteiger partial charge in [0.2, 0.25) is 0 Å². The van der Waals surface area contributed by atoms with Crippen molar-refractivity contribution in [1.82, 2.24) is 5.32 Å². The molecule has 0 heterocycles. The maximum atomic E-state index is 12.0. The van der Waals surface area contributed by atoms with Crippen LogP contribution in [0.15, 0.2) is 24.3 Å². The average molecular weight is 281 g/mol. The molecule has 0 bridgehead atoms. The van der Waals surface area contributed by atoms with Crippen LogP contribution < -0.4 is 5.32 Å². The predicted molar refractivity (Wildman–Crippen MR) is 72.9 cm³/mol. The summed E-state index contributed by atoms with van der Waals surface area (Å²) in [5.74, 6) is -1.69. The van der Waals surface area contributed by atoms with Crippen LogP contribution in [0.5, 0.6) is 0 Å². The summed E-state index contributed by atoms with van der Waals surface area (Å²) in [4.78, 5) is 23.0. The molecule has 1 rings (SSSR count). The number of carbonyl (C=O) groups is 2. The van der Waals surface area contributed by atoms with E-state index in [2.05, 4.69) is 5.32 Å². The number of rotatable bonds is 7. The van der Waals surface area contributed by atoms with Crippen molar-refractivity contribution in [3.63, 3.8) is 0 Å². The molecule has 20 heavy (non-hydrogen) atoms. The highest BCUT2D eigenvalue weighted by molar-refractivity contribution is 6.04. The normalized spacial score (nSPS) is 13.6. The van der Waals surface area contributed by atoms with Crippen LogP contribution >= 0.6 is 0 Å². The zero-order chi connectivity index (χ0) is 15.2. The number of ether oxygens (including phenoxy) is 1. The van der Waals surface area contributed by atoms with Crippen LogP contribution in [0, 0.1) is 0 Å². The molecule has 6 heteroatoms. The summed E-state index contributed by atoms with van der Waals surface area (Å²) in [7, 11) is 1.53. The number of benzene rings is 1. The molecule has 0 spiro atoms. The van der Waals surface area contributed by atoms with Crippen molar-refractivity contribution in [1.29, 1.82) is 0 Å². The Morgan fingerprint density at radius 3 is 2.45 bits per heavy atom.